The molecule has 26 heteroatoms. The van der Waals surface area contributed by atoms with Crippen molar-refractivity contribution in [3.63, 3.8) is 0 Å². The van der Waals surface area contributed by atoms with Crippen molar-refractivity contribution in [3.8, 4) is 23.0 Å². The molecule has 6 amide bonds. The lowest BCUT2D eigenvalue weighted by Gasteiger charge is -2.22. The Morgan fingerprint density at radius 2 is 1.01 bits per heavy atom. The maximum absolute atomic E-state index is 13.2. The number of pyridine rings is 2. The van der Waals surface area contributed by atoms with Crippen molar-refractivity contribution in [3.05, 3.63) is 184 Å². The van der Waals surface area contributed by atoms with Gasteiger partial charge in [0.1, 0.15) is 34.4 Å². The molecule has 17 nitrogen and oxygen atoms in total. The average Bonchev–Trinajstić information content (AvgIpc) is 3.35. The van der Waals surface area contributed by atoms with Crippen molar-refractivity contribution in [2.75, 3.05) is 29.6 Å². The second-order valence-electron chi connectivity index (χ2n) is 15.0. The summed E-state index contributed by atoms with van der Waals surface area (Å²) in [6, 6.07) is 28.5. The Balaban J connectivity index is 0.000000231. The third-order valence-electron chi connectivity index (χ3n) is 9.64. The summed E-state index contributed by atoms with van der Waals surface area (Å²) >= 11 is 11.2. The molecule has 0 fully saturated rings. The number of carbonyl (C=O) groups is 4. The summed E-state index contributed by atoms with van der Waals surface area (Å²) in [6.45, 7) is 1.84. The minimum atomic E-state index is -4.70. The SMILES string of the molecule is CNC(=O)c1cc(Oc2ccc(N(C(N)=O)c3ccc(Cl)c(C(F)(F)F)c3)cc2)ccn1.CNC(=O)c1cc(Oc2ccc(NC(=O)Nc3ccc(Cl)c(C(F)(F)F)c3)cc2)ccn1.Cc1ccc(S(=O)(=O)O)cc1. The lowest BCUT2D eigenvalue weighted by atomic mass is 10.1. The standard InChI is InChI=1S/2C21H16ClF3N4O3.C7H8O3S/c1-27-19(30)18-11-15(8-9-28-18)32-14-5-2-12(3-6-14)29(20(26)31)13-4-7-17(22)16(10-13)21(23,24)25;1-26-19(30)18-11-15(8-9-27-18)32-14-5-2-12(3-6-14)28-20(31)29-13-4-7-17(22)16(10-13)21(23,24)25;1-6-2-4-7(5-3-6)11(8,9)10/h2-11H,1H3,(H2,26,31)(H,27,30);2-11H,1H3,(H,26,30)(H2,28,29,31);2-5H,1H3,(H,8,9,10). The number of benzene rings is 5. The number of primary amides is 1. The monoisotopic (exact) mass is 1100 g/mol. The largest absolute Gasteiger partial charge is 0.457 e. The van der Waals surface area contributed by atoms with Crippen molar-refractivity contribution < 1.29 is 68.0 Å². The maximum atomic E-state index is 13.2. The van der Waals surface area contributed by atoms with E-state index in [2.05, 4.69) is 31.2 Å². The third kappa shape index (κ3) is 16.8. The molecule has 0 bridgehead atoms. The van der Waals surface area contributed by atoms with Crippen LogP contribution in [-0.4, -0.2) is 60.9 Å². The molecule has 0 atom stereocenters. The Morgan fingerprint density at radius 3 is 1.47 bits per heavy atom. The van der Waals surface area contributed by atoms with Gasteiger partial charge in [-0.1, -0.05) is 40.9 Å². The van der Waals surface area contributed by atoms with Crippen LogP contribution in [0.4, 0.5) is 58.7 Å². The highest BCUT2D eigenvalue weighted by Crippen LogP contribution is 2.39. The van der Waals surface area contributed by atoms with Crippen LogP contribution in [0, 0.1) is 6.92 Å². The maximum Gasteiger partial charge on any atom is 0.417 e. The molecule has 7 rings (SSSR count). The van der Waals surface area contributed by atoms with Crippen LogP contribution >= 0.6 is 23.2 Å². The number of ether oxygens (including phenoxy) is 2. The van der Waals surface area contributed by atoms with E-state index < -0.39 is 55.7 Å². The second kappa shape index (κ2) is 25.0. The molecule has 0 aliphatic carbocycles. The summed E-state index contributed by atoms with van der Waals surface area (Å²) in [5.41, 5.74) is 5.00. The van der Waals surface area contributed by atoms with Crippen LogP contribution in [0.2, 0.25) is 10.0 Å². The lowest BCUT2D eigenvalue weighted by molar-refractivity contribution is -0.138. The highest BCUT2D eigenvalue weighted by Gasteiger charge is 2.35. The molecule has 0 unspecified atom stereocenters. The topological polar surface area (TPSA) is 244 Å². The van der Waals surface area contributed by atoms with Crippen LogP contribution < -0.4 is 41.4 Å². The highest BCUT2D eigenvalue weighted by molar-refractivity contribution is 7.85. The molecule has 0 aliphatic heterocycles. The van der Waals surface area contributed by atoms with Crippen molar-refractivity contribution in [1.29, 1.82) is 0 Å². The number of nitrogens with two attached hydrogens (primary N) is 1. The summed E-state index contributed by atoms with van der Waals surface area (Å²) in [7, 11) is -1.06. The van der Waals surface area contributed by atoms with E-state index in [-0.39, 0.29) is 45.2 Å². The summed E-state index contributed by atoms with van der Waals surface area (Å²) in [5, 5.41) is 8.78. The van der Waals surface area contributed by atoms with Gasteiger partial charge in [0.2, 0.25) is 0 Å². The van der Waals surface area contributed by atoms with E-state index in [4.69, 9.17) is 43.0 Å². The Bertz CT molecular complexity index is 3280. The number of anilines is 4. The molecule has 0 saturated heterocycles. The molecular weight excluding hydrogens is 1060 g/mol. The Kier molecular flexibility index (Phi) is 19.1. The molecule has 0 aliphatic rings. The van der Waals surface area contributed by atoms with E-state index in [1.807, 2.05) is 6.92 Å². The number of hydrogen-bond donors (Lipinski definition) is 6. The fraction of sp³-hybridized carbons (Fsp3) is 0.102. The first-order valence-electron chi connectivity index (χ1n) is 21.1. The smallest absolute Gasteiger partial charge is 0.417 e. The van der Waals surface area contributed by atoms with Gasteiger partial charge in [0.25, 0.3) is 21.9 Å². The van der Waals surface area contributed by atoms with Gasteiger partial charge < -0.3 is 36.5 Å². The number of nitrogens with zero attached hydrogens (tertiary/aromatic N) is 3. The summed E-state index contributed by atoms with van der Waals surface area (Å²) in [5.74, 6) is 0.760. The van der Waals surface area contributed by atoms with Crippen molar-refractivity contribution >= 4 is 79.9 Å². The van der Waals surface area contributed by atoms with Crippen molar-refractivity contribution in [1.82, 2.24) is 20.6 Å². The fourth-order valence-corrected chi connectivity index (χ4v) is 7.02. The first kappa shape index (κ1) is 57.5. The first-order chi connectivity index (χ1) is 35.2. The number of carbonyl (C=O) groups excluding carboxylic acids is 4. The van der Waals surface area contributed by atoms with Gasteiger partial charge in [0.05, 0.1) is 37.4 Å². The molecule has 7 aromatic rings. The number of halogens is 8. The minimum Gasteiger partial charge on any atom is -0.457 e. The second-order valence-corrected chi connectivity index (χ2v) is 17.3. The summed E-state index contributed by atoms with van der Waals surface area (Å²) in [4.78, 5) is 56.2. The number of nitrogens with one attached hydrogen (secondary N) is 4. The first-order valence-corrected chi connectivity index (χ1v) is 23.3. The molecule has 2 aromatic heterocycles. The Hall–Kier alpha value is -8.45. The van der Waals surface area contributed by atoms with E-state index in [9.17, 15) is 53.9 Å². The van der Waals surface area contributed by atoms with Crippen LogP contribution in [0.1, 0.15) is 37.7 Å². The lowest BCUT2D eigenvalue weighted by Crippen LogP contribution is -2.31. The van der Waals surface area contributed by atoms with Gasteiger partial charge in [-0.15, -0.1) is 0 Å². The zero-order chi connectivity index (χ0) is 55.3. The van der Waals surface area contributed by atoms with E-state index in [0.29, 0.717) is 28.7 Å². The van der Waals surface area contributed by atoms with Gasteiger partial charge in [0.15, 0.2) is 0 Å². The number of aromatic nitrogens is 2. The van der Waals surface area contributed by atoms with E-state index >= 15 is 0 Å². The van der Waals surface area contributed by atoms with Gasteiger partial charge in [-0.3, -0.25) is 29.0 Å². The molecule has 392 valence electrons. The predicted molar refractivity (Wildman–Crippen MR) is 267 cm³/mol. The molecule has 75 heavy (non-hydrogen) atoms. The van der Waals surface area contributed by atoms with E-state index in [1.54, 1.807) is 48.5 Å². The van der Waals surface area contributed by atoms with Gasteiger partial charge in [0, 0.05) is 50.0 Å². The van der Waals surface area contributed by atoms with Crippen LogP contribution in [0.15, 0.2) is 151 Å². The summed E-state index contributed by atoms with van der Waals surface area (Å²) in [6.07, 6.45) is -6.51. The Morgan fingerprint density at radius 1 is 0.587 bits per heavy atom. The number of hydrogen-bond acceptors (Lipinski definition) is 10. The number of amides is 6. The van der Waals surface area contributed by atoms with Gasteiger partial charge >= 0.3 is 24.4 Å². The fourth-order valence-electron chi connectivity index (χ4n) is 6.09. The van der Waals surface area contributed by atoms with Gasteiger partial charge in [-0.2, -0.15) is 34.8 Å². The van der Waals surface area contributed by atoms with Gasteiger partial charge in [-0.05, 0) is 116 Å². The normalized spacial score (nSPS) is 11.0. The molecule has 0 radical (unpaired) electrons. The molecule has 0 spiro atoms. The Labute approximate surface area is 433 Å². The zero-order valence-corrected chi connectivity index (χ0v) is 41.2. The number of aryl methyl sites for hydroxylation is 1. The molecular formula is C49H40Cl2F6N8O9S. The van der Waals surface area contributed by atoms with Crippen LogP contribution in [0.5, 0.6) is 23.0 Å². The molecule has 7 N–H and O–H groups in total. The van der Waals surface area contributed by atoms with E-state index in [1.165, 1.54) is 87.2 Å². The van der Waals surface area contributed by atoms with Crippen LogP contribution in [0.25, 0.3) is 0 Å². The van der Waals surface area contributed by atoms with Crippen molar-refractivity contribution in [2.45, 2.75) is 24.2 Å². The number of urea groups is 2. The van der Waals surface area contributed by atoms with Gasteiger partial charge in [-0.25, -0.2) is 9.59 Å². The van der Waals surface area contributed by atoms with Crippen LogP contribution in [-0.2, 0) is 22.5 Å². The van der Waals surface area contributed by atoms with E-state index in [0.717, 1.165) is 34.7 Å². The zero-order valence-electron chi connectivity index (χ0n) is 38.9. The molecule has 0 saturated carbocycles. The summed E-state index contributed by atoms with van der Waals surface area (Å²) < 4.78 is 119. The third-order valence-corrected chi connectivity index (χ3v) is 11.2. The molecule has 2 heterocycles. The highest BCUT2D eigenvalue weighted by atomic mass is 35.5. The number of alkyl halides is 6. The number of rotatable bonds is 11. The van der Waals surface area contributed by atoms with Crippen LogP contribution in [0.3, 0.4) is 0 Å². The van der Waals surface area contributed by atoms with Crippen molar-refractivity contribution in [2.24, 2.45) is 5.73 Å². The molecule has 5 aromatic carbocycles. The predicted octanol–water partition coefficient (Wildman–Crippen LogP) is 11.9. The quantitative estimate of drug-likeness (QED) is 0.0525. The average molecular weight is 1100 g/mol. The minimum absolute atomic E-state index is 0.0659.